The van der Waals surface area contributed by atoms with E-state index in [2.05, 4.69) is 4.98 Å². The van der Waals surface area contributed by atoms with Crippen molar-refractivity contribution in [1.82, 2.24) is 4.98 Å². The zero-order valence-corrected chi connectivity index (χ0v) is 9.27. The number of aryl methyl sites for hydroxylation is 1. The van der Waals surface area contributed by atoms with Crippen molar-refractivity contribution in [3.05, 3.63) is 41.7 Å². The summed E-state index contributed by atoms with van der Waals surface area (Å²) in [5, 5.41) is 11.0. The monoisotopic (exact) mass is 215 g/mol. The van der Waals surface area contributed by atoms with Crippen molar-refractivity contribution in [3.63, 3.8) is 0 Å². The number of aromatic nitrogens is 1. The number of hydrogen-bond donors (Lipinski definition) is 1. The summed E-state index contributed by atoms with van der Waals surface area (Å²) in [4.78, 5) is 15.2. The zero-order chi connectivity index (χ0) is 11.7. The van der Waals surface area contributed by atoms with Gasteiger partial charge in [-0.25, -0.2) is 0 Å². The molecule has 1 atom stereocenters. The molecule has 0 saturated heterocycles. The predicted octanol–water partition coefficient (Wildman–Crippen LogP) is 2.73. The van der Waals surface area contributed by atoms with Crippen LogP contribution in [0, 0.1) is 6.92 Å². The maximum atomic E-state index is 11.0. The van der Waals surface area contributed by atoms with Crippen LogP contribution in [0.2, 0.25) is 0 Å². The van der Waals surface area contributed by atoms with E-state index < -0.39 is 11.9 Å². The fourth-order valence-electron chi connectivity index (χ4n) is 1.81. The number of fused-ring (bicyclic) bond motifs is 1. The molecule has 1 N–H and O–H groups in total. The third kappa shape index (κ3) is 1.76. The summed E-state index contributed by atoms with van der Waals surface area (Å²) in [5.41, 5.74) is 1.74. The molecular weight excluding hydrogens is 202 g/mol. The van der Waals surface area contributed by atoms with Gasteiger partial charge >= 0.3 is 5.97 Å². The summed E-state index contributed by atoms with van der Waals surface area (Å²) in [6.45, 7) is 3.61. The van der Waals surface area contributed by atoms with Gasteiger partial charge in [-0.1, -0.05) is 18.2 Å². The maximum absolute atomic E-state index is 11.0. The molecule has 0 bridgehead atoms. The van der Waals surface area contributed by atoms with Crippen LogP contribution >= 0.6 is 0 Å². The lowest BCUT2D eigenvalue weighted by molar-refractivity contribution is -0.138. The number of nitrogens with zero attached hydrogens (tertiary/aromatic N) is 1. The second-order valence-corrected chi connectivity index (χ2v) is 3.95. The van der Waals surface area contributed by atoms with Crippen LogP contribution in [-0.2, 0) is 4.79 Å². The van der Waals surface area contributed by atoms with E-state index in [4.69, 9.17) is 5.11 Å². The topological polar surface area (TPSA) is 50.2 Å². The van der Waals surface area contributed by atoms with Gasteiger partial charge in [0, 0.05) is 17.3 Å². The quantitative estimate of drug-likeness (QED) is 0.838. The van der Waals surface area contributed by atoms with Crippen LogP contribution in [0.5, 0.6) is 0 Å². The van der Waals surface area contributed by atoms with Gasteiger partial charge in [0.05, 0.1) is 5.92 Å². The molecule has 0 aliphatic carbocycles. The van der Waals surface area contributed by atoms with E-state index in [1.807, 2.05) is 31.2 Å². The number of aliphatic carboxylic acids is 1. The number of carbonyl (C=O) groups is 1. The van der Waals surface area contributed by atoms with Crippen molar-refractivity contribution in [2.75, 3.05) is 0 Å². The molecule has 2 aromatic rings. The first-order valence-electron chi connectivity index (χ1n) is 5.17. The average Bonchev–Trinajstić information content (AvgIpc) is 2.27. The SMILES string of the molecule is Cc1cc2c(C(C)C(=O)O)cccc2cn1. The Labute approximate surface area is 93.7 Å². The molecule has 1 heterocycles. The number of hydrogen-bond acceptors (Lipinski definition) is 2. The Bertz CT molecular complexity index is 549. The molecule has 0 aliphatic heterocycles. The number of carboxylic acids is 1. The van der Waals surface area contributed by atoms with Crippen LogP contribution in [0.1, 0.15) is 24.1 Å². The van der Waals surface area contributed by atoms with Crippen molar-refractivity contribution in [2.45, 2.75) is 19.8 Å². The summed E-state index contributed by atoms with van der Waals surface area (Å²) in [6.07, 6.45) is 1.78. The molecule has 0 spiro atoms. The van der Waals surface area contributed by atoms with E-state index in [-0.39, 0.29) is 0 Å². The molecule has 82 valence electrons. The van der Waals surface area contributed by atoms with Crippen LogP contribution in [0.4, 0.5) is 0 Å². The van der Waals surface area contributed by atoms with Gasteiger partial charge in [0.1, 0.15) is 0 Å². The molecule has 3 heteroatoms. The van der Waals surface area contributed by atoms with Crippen LogP contribution in [0.25, 0.3) is 10.8 Å². The first-order valence-corrected chi connectivity index (χ1v) is 5.17. The molecule has 1 unspecified atom stereocenters. The van der Waals surface area contributed by atoms with Crippen molar-refractivity contribution < 1.29 is 9.90 Å². The lowest BCUT2D eigenvalue weighted by atomic mass is 9.95. The highest BCUT2D eigenvalue weighted by Crippen LogP contribution is 2.25. The molecule has 1 aromatic carbocycles. The van der Waals surface area contributed by atoms with Crippen LogP contribution in [0.3, 0.4) is 0 Å². The van der Waals surface area contributed by atoms with E-state index in [1.165, 1.54) is 0 Å². The normalized spacial score (nSPS) is 12.6. The number of rotatable bonds is 2. The van der Waals surface area contributed by atoms with E-state index in [0.29, 0.717) is 0 Å². The third-order valence-corrected chi connectivity index (χ3v) is 2.77. The van der Waals surface area contributed by atoms with Gasteiger partial charge in [-0.2, -0.15) is 0 Å². The molecule has 1 aromatic heterocycles. The zero-order valence-electron chi connectivity index (χ0n) is 9.27. The fourth-order valence-corrected chi connectivity index (χ4v) is 1.81. The second kappa shape index (κ2) is 3.93. The van der Waals surface area contributed by atoms with Gasteiger partial charge in [-0.15, -0.1) is 0 Å². The Morgan fingerprint density at radius 2 is 2.19 bits per heavy atom. The summed E-state index contributed by atoms with van der Waals surface area (Å²) >= 11 is 0. The van der Waals surface area contributed by atoms with Gasteiger partial charge in [-0.05, 0) is 30.9 Å². The lowest BCUT2D eigenvalue weighted by Gasteiger charge is -2.10. The molecule has 2 rings (SSSR count). The van der Waals surface area contributed by atoms with Crippen molar-refractivity contribution in [3.8, 4) is 0 Å². The molecular formula is C13H13NO2. The maximum Gasteiger partial charge on any atom is 0.310 e. The molecule has 3 nitrogen and oxygen atoms in total. The highest BCUT2D eigenvalue weighted by atomic mass is 16.4. The van der Waals surface area contributed by atoms with Gasteiger partial charge in [0.25, 0.3) is 0 Å². The Balaban J connectivity index is 2.69. The first kappa shape index (κ1) is 10.6. The fraction of sp³-hybridized carbons (Fsp3) is 0.231. The van der Waals surface area contributed by atoms with Gasteiger partial charge in [0.15, 0.2) is 0 Å². The van der Waals surface area contributed by atoms with Gasteiger partial charge < -0.3 is 5.11 Å². The summed E-state index contributed by atoms with van der Waals surface area (Å²) in [6, 6.07) is 7.61. The van der Waals surface area contributed by atoms with Crippen LogP contribution < -0.4 is 0 Å². The number of carboxylic acid groups (broad SMARTS) is 1. The van der Waals surface area contributed by atoms with Crippen molar-refractivity contribution in [1.29, 1.82) is 0 Å². The Hall–Kier alpha value is -1.90. The number of pyridine rings is 1. The lowest BCUT2D eigenvalue weighted by Crippen LogP contribution is -2.07. The minimum atomic E-state index is -0.804. The van der Waals surface area contributed by atoms with Gasteiger partial charge in [-0.3, -0.25) is 9.78 Å². The van der Waals surface area contributed by atoms with Crippen molar-refractivity contribution in [2.24, 2.45) is 0 Å². The number of benzene rings is 1. The minimum absolute atomic E-state index is 0.495. The summed E-state index contributed by atoms with van der Waals surface area (Å²) in [7, 11) is 0. The Kier molecular flexibility index (Phi) is 2.60. The summed E-state index contributed by atoms with van der Waals surface area (Å²) < 4.78 is 0. The van der Waals surface area contributed by atoms with Crippen molar-refractivity contribution >= 4 is 16.7 Å². The molecule has 0 radical (unpaired) electrons. The molecule has 16 heavy (non-hydrogen) atoms. The average molecular weight is 215 g/mol. The Morgan fingerprint density at radius 3 is 2.88 bits per heavy atom. The predicted molar refractivity (Wildman–Crippen MR) is 62.5 cm³/mol. The molecule has 0 saturated carbocycles. The minimum Gasteiger partial charge on any atom is -0.481 e. The highest BCUT2D eigenvalue weighted by Gasteiger charge is 2.16. The third-order valence-electron chi connectivity index (χ3n) is 2.77. The molecule has 0 fully saturated rings. The smallest absolute Gasteiger partial charge is 0.310 e. The van der Waals surface area contributed by atoms with E-state index >= 15 is 0 Å². The molecule has 0 amide bonds. The first-order chi connectivity index (χ1) is 7.59. The largest absolute Gasteiger partial charge is 0.481 e. The van der Waals surface area contributed by atoms with E-state index in [0.717, 1.165) is 22.0 Å². The van der Waals surface area contributed by atoms with E-state index in [9.17, 15) is 4.79 Å². The van der Waals surface area contributed by atoms with Crippen LogP contribution in [0.15, 0.2) is 30.5 Å². The second-order valence-electron chi connectivity index (χ2n) is 3.95. The van der Waals surface area contributed by atoms with Gasteiger partial charge in [0.2, 0.25) is 0 Å². The summed E-state index contributed by atoms with van der Waals surface area (Å²) in [5.74, 6) is -1.30. The van der Waals surface area contributed by atoms with E-state index in [1.54, 1.807) is 13.1 Å². The highest BCUT2D eigenvalue weighted by molar-refractivity contribution is 5.90. The standard InChI is InChI=1S/C13H13NO2/c1-8-6-12-10(7-14-8)4-3-5-11(12)9(2)13(15)16/h3-7,9H,1-2H3,(H,15,16). The van der Waals surface area contributed by atoms with Crippen LogP contribution in [-0.4, -0.2) is 16.1 Å². The molecule has 0 aliphatic rings. The Morgan fingerprint density at radius 1 is 1.44 bits per heavy atom.